The van der Waals surface area contributed by atoms with Gasteiger partial charge < -0.3 is 0 Å². The Bertz CT molecular complexity index is 732. The lowest BCUT2D eigenvalue weighted by molar-refractivity contribution is 0.102. The molecule has 8 heteroatoms. The minimum atomic E-state index is -0.244. The summed E-state index contributed by atoms with van der Waals surface area (Å²) in [6, 6.07) is 1.99. The molecular formula is C13H12N4OS3. The number of hydrogen-bond acceptors (Lipinski definition) is 7. The van der Waals surface area contributed by atoms with Gasteiger partial charge in [0.15, 0.2) is 0 Å². The summed E-state index contributed by atoms with van der Waals surface area (Å²) >= 11 is 4.48. The fraction of sp³-hybridized carbons (Fsp3) is 0.231. The molecule has 0 fully saturated rings. The first-order chi connectivity index (χ1) is 10.3. The summed E-state index contributed by atoms with van der Waals surface area (Å²) in [5.74, 6) is -0.244. The third-order valence-corrected chi connectivity index (χ3v) is 5.13. The monoisotopic (exact) mass is 336 g/mol. The Labute approximate surface area is 133 Å². The van der Waals surface area contributed by atoms with Gasteiger partial charge in [0, 0.05) is 22.7 Å². The Balaban J connectivity index is 1.70. The molecule has 3 rings (SSSR count). The van der Waals surface area contributed by atoms with Crippen LogP contribution in [-0.4, -0.2) is 21.1 Å². The van der Waals surface area contributed by atoms with Gasteiger partial charge in [-0.2, -0.15) is 11.3 Å². The van der Waals surface area contributed by atoms with Gasteiger partial charge in [-0.1, -0.05) is 18.3 Å². The minimum Gasteiger partial charge on any atom is -0.295 e. The van der Waals surface area contributed by atoms with Gasteiger partial charge in [-0.3, -0.25) is 10.1 Å². The third-order valence-electron chi connectivity index (χ3n) is 2.66. The lowest BCUT2D eigenvalue weighted by atomic mass is 10.3. The van der Waals surface area contributed by atoms with Crippen molar-refractivity contribution in [1.82, 2.24) is 15.2 Å². The number of rotatable bonds is 5. The number of aryl methyl sites for hydroxylation is 1. The molecular weight excluding hydrogens is 324 g/mol. The van der Waals surface area contributed by atoms with Crippen LogP contribution in [0.2, 0.25) is 0 Å². The average molecular weight is 336 g/mol. The summed E-state index contributed by atoms with van der Waals surface area (Å²) in [4.78, 5) is 16.5. The topological polar surface area (TPSA) is 67.8 Å². The van der Waals surface area contributed by atoms with E-state index in [0.717, 1.165) is 28.4 Å². The van der Waals surface area contributed by atoms with E-state index in [-0.39, 0.29) is 5.91 Å². The van der Waals surface area contributed by atoms with Crippen LogP contribution in [0.4, 0.5) is 5.13 Å². The normalized spacial score (nSPS) is 10.7. The Morgan fingerprint density at radius 1 is 1.33 bits per heavy atom. The molecule has 0 bridgehead atoms. The van der Waals surface area contributed by atoms with Crippen molar-refractivity contribution in [2.75, 3.05) is 5.32 Å². The second kappa shape index (κ2) is 6.42. The van der Waals surface area contributed by atoms with Gasteiger partial charge in [-0.15, -0.1) is 21.5 Å². The van der Waals surface area contributed by atoms with Crippen LogP contribution in [0.3, 0.4) is 0 Å². The Morgan fingerprint density at radius 2 is 2.24 bits per heavy atom. The number of nitrogens with zero attached hydrogens (tertiary/aromatic N) is 3. The standard InChI is InChI=1S/C13H12N4OS3/c1-2-3-10-16-17-13(21-10)15-11(18)9-7-20-12(14-9)8-4-5-19-6-8/h4-7H,2-3H2,1H3,(H,15,17,18). The molecule has 0 radical (unpaired) electrons. The molecule has 3 heterocycles. The number of carbonyl (C=O) groups excluding carboxylic acids is 1. The Kier molecular flexibility index (Phi) is 4.37. The van der Waals surface area contributed by atoms with E-state index >= 15 is 0 Å². The number of thiophene rings is 1. The van der Waals surface area contributed by atoms with Crippen LogP contribution in [0.5, 0.6) is 0 Å². The van der Waals surface area contributed by atoms with E-state index in [1.807, 2.05) is 16.8 Å². The van der Waals surface area contributed by atoms with Crippen LogP contribution in [0, 0.1) is 0 Å². The Hall–Kier alpha value is -1.64. The molecule has 0 unspecified atom stereocenters. The molecule has 3 aromatic rings. The highest BCUT2D eigenvalue weighted by atomic mass is 32.1. The first kappa shape index (κ1) is 14.3. The Morgan fingerprint density at radius 3 is 3.00 bits per heavy atom. The SMILES string of the molecule is CCCc1nnc(NC(=O)c2csc(-c3ccsc3)n2)s1. The zero-order valence-electron chi connectivity index (χ0n) is 11.2. The molecule has 1 amide bonds. The molecule has 5 nitrogen and oxygen atoms in total. The van der Waals surface area contributed by atoms with Gasteiger partial charge >= 0.3 is 0 Å². The van der Waals surface area contributed by atoms with Crippen LogP contribution in [-0.2, 0) is 6.42 Å². The number of thiazole rings is 1. The number of amides is 1. The summed E-state index contributed by atoms with van der Waals surface area (Å²) in [7, 11) is 0. The summed E-state index contributed by atoms with van der Waals surface area (Å²) in [5, 5.41) is 18.8. The van der Waals surface area contributed by atoms with E-state index < -0.39 is 0 Å². The lowest BCUT2D eigenvalue weighted by Crippen LogP contribution is -2.12. The fourth-order valence-electron chi connectivity index (χ4n) is 1.68. The predicted molar refractivity (Wildman–Crippen MR) is 87.3 cm³/mol. The first-order valence-corrected chi connectivity index (χ1v) is 9.02. The quantitative estimate of drug-likeness (QED) is 0.766. The van der Waals surface area contributed by atoms with Crippen LogP contribution in [0.25, 0.3) is 10.6 Å². The average Bonchev–Trinajstić information content (AvgIpc) is 3.20. The van der Waals surface area contributed by atoms with Crippen LogP contribution < -0.4 is 5.32 Å². The minimum absolute atomic E-state index is 0.244. The molecule has 1 N–H and O–H groups in total. The second-order valence-corrected chi connectivity index (χ2v) is 6.96. The maximum atomic E-state index is 12.1. The summed E-state index contributed by atoms with van der Waals surface area (Å²) in [6.07, 6.45) is 1.89. The van der Waals surface area contributed by atoms with Gasteiger partial charge in [0.2, 0.25) is 5.13 Å². The second-order valence-electron chi connectivity index (χ2n) is 4.26. The molecule has 0 aliphatic heterocycles. The highest BCUT2D eigenvalue weighted by molar-refractivity contribution is 7.15. The molecule has 0 aliphatic carbocycles. The third kappa shape index (κ3) is 3.34. The molecule has 21 heavy (non-hydrogen) atoms. The predicted octanol–water partition coefficient (Wildman–Crippen LogP) is 3.93. The summed E-state index contributed by atoms with van der Waals surface area (Å²) in [6.45, 7) is 2.08. The van der Waals surface area contributed by atoms with E-state index in [9.17, 15) is 4.79 Å². The van der Waals surface area contributed by atoms with E-state index in [4.69, 9.17) is 0 Å². The van der Waals surface area contributed by atoms with E-state index in [0.29, 0.717) is 10.8 Å². The van der Waals surface area contributed by atoms with Crippen molar-refractivity contribution in [3.63, 3.8) is 0 Å². The molecule has 0 spiro atoms. The largest absolute Gasteiger partial charge is 0.295 e. The van der Waals surface area contributed by atoms with Crippen molar-refractivity contribution in [1.29, 1.82) is 0 Å². The number of nitrogens with one attached hydrogen (secondary N) is 1. The van der Waals surface area contributed by atoms with Gasteiger partial charge in [-0.25, -0.2) is 4.98 Å². The zero-order valence-corrected chi connectivity index (χ0v) is 13.6. The summed E-state index contributed by atoms with van der Waals surface area (Å²) in [5.41, 5.74) is 1.46. The number of carbonyl (C=O) groups is 1. The van der Waals surface area contributed by atoms with Crippen molar-refractivity contribution in [2.24, 2.45) is 0 Å². The van der Waals surface area contributed by atoms with Crippen molar-refractivity contribution >= 4 is 45.0 Å². The fourth-order valence-corrected chi connectivity index (χ4v) is 4.03. The van der Waals surface area contributed by atoms with Crippen LogP contribution >= 0.6 is 34.0 Å². The molecule has 3 aromatic heterocycles. The molecule has 0 atom stereocenters. The molecule has 0 aromatic carbocycles. The van der Waals surface area contributed by atoms with E-state index in [2.05, 4.69) is 27.4 Å². The molecule has 108 valence electrons. The smallest absolute Gasteiger partial charge is 0.276 e. The molecule has 0 saturated carbocycles. The van der Waals surface area contributed by atoms with Gasteiger partial charge in [0.05, 0.1) is 0 Å². The highest BCUT2D eigenvalue weighted by Crippen LogP contribution is 2.26. The highest BCUT2D eigenvalue weighted by Gasteiger charge is 2.14. The molecule has 0 saturated heterocycles. The number of hydrogen-bond donors (Lipinski definition) is 1. The number of anilines is 1. The van der Waals surface area contributed by atoms with Crippen molar-refractivity contribution in [3.8, 4) is 10.6 Å². The summed E-state index contributed by atoms with van der Waals surface area (Å²) < 4.78 is 0. The van der Waals surface area contributed by atoms with E-state index in [1.165, 1.54) is 22.7 Å². The van der Waals surface area contributed by atoms with Crippen LogP contribution in [0.1, 0.15) is 28.8 Å². The van der Waals surface area contributed by atoms with Gasteiger partial charge in [0.1, 0.15) is 15.7 Å². The molecule has 0 aliphatic rings. The first-order valence-electron chi connectivity index (χ1n) is 6.38. The van der Waals surface area contributed by atoms with Crippen molar-refractivity contribution in [2.45, 2.75) is 19.8 Å². The van der Waals surface area contributed by atoms with Gasteiger partial charge in [0.25, 0.3) is 5.91 Å². The van der Waals surface area contributed by atoms with Crippen molar-refractivity contribution in [3.05, 3.63) is 32.9 Å². The maximum absolute atomic E-state index is 12.1. The van der Waals surface area contributed by atoms with Gasteiger partial charge in [-0.05, 0) is 17.9 Å². The van der Waals surface area contributed by atoms with E-state index in [1.54, 1.807) is 16.7 Å². The zero-order chi connectivity index (χ0) is 14.7. The lowest BCUT2D eigenvalue weighted by Gasteiger charge is -1.96. The van der Waals surface area contributed by atoms with Crippen LogP contribution in [0.15, 0.2) is 22.2 Å². The maximum Gasteiger partial charge on any atom is 0.276 e. The number of aromatic nitrogens is 3. The van der Waals surface area contributed by atoms with Crippen molar-refractivity contribution < 1.29 is 4.79 Å².